The molecule has 0 saturated carbocycles. The van der Waals surface area contributed by atoms with Crippen LogP contribution in [0.2, 0.25) is 0 Å². The van der Waals surface area contributed by atoms with Crippen molar-refractivity contribution in [3.8, 4) is 0 Å². The first kappa shape index (κ1) is 41.7. The third-order valence-electron chi connectivity index (χ3n) is 7.96. The molecule has 1 atom stereocenters. The van der Waals surface area contributed by atoms with E-state index in [0.717, 1.165) is 24.0 Å². The van der Waals surface area contributed by atoms with Crippen molar-refractivity contribution >= 4 is 26.0 Å². The molecule has 0 spiro atoms. The van der Waals surface area contributed by atoms with E-state index in [1.165, 1.54) is 41.2 Å². The molecule has 11 heteroatoms. The number of carbonyl (C=O) groups excluding carboxylic acids is 1. The van der Waals surface area contributed by atoms with E-state index in [2.05, 4.69) is 33.0 Å². The maximum absolute atomic E-state index is 12.6. The number of aryl methyl sites for hydroxylation is 2. The van der Waals surface area contributed by atoms with Crippen molar-refractivity contribution in [2.45, 2.75) is 122 Å². The Morgan fingerprint density at radius 2 is 1.17 bits per heavy atom. The smallest absolute Gasteiger partial charge is 0.243 e. The van der Waals surface area contributed by atoms with Crippen LogP contribution in [0.5, 0.6) is 0 Å². The van der Waals surface area contributed by atoms with Crippen molar-refractivity contribution in [3.05, 3.63) is 59.7 Å². The van der Waals surface area contributed by atoms with Crippen LogP contribution in [0.1, 0.15) is 97.1 Å². The molecule has 2 aromatic carbocycles. The van der Waals surface area contributed by atoms with Gasteiger partial charge in [-0.3, -0.25) is 4.79 Å². The molecule has 0 aliphatic carbocycles. The molecule has 2 aliphatic rings. The summed E-state index contributed by atoms with van der Waals surface area (Å²) in [5.41, 5.74) is 1.55. The Bertz CT molecular complexity index is 1370. The van der Waals surface area contributed by atoms with Crippen molar-refractivity contribution in [1.29, 1.82) is 0 Å². The van der Waals surface area contributed by atoms with Crippen molar-refractivity contribution in [2.75, 3.05) is 33.3 Å². The molecule has 0 radical (unpaired) electrons. The van der Waals surface area contributed by atoms with Crippen LogP contribution in [0, 0.1) is 13.8 Å². The highest BCUT2D eigenvalue weighted by molar-refractivity contribution is 7.89. The second-order valence-corrected chi connectivity index (χ2v) is 15.6. The number of benzene rings is 2. The summed E-state index contributed by atoms with van der Waals surface area (Å²) in [6, 6.07) is 14.2. The minimum atomic E-state index is -3.42. The number of unbranched alkanes of at least 4 members (excludes halogenated alkanes) is 2. The predicted molar refractivity (Wildman–Crippen MR) is 188 cm³/mol. The van der Waals surface area contributed by atoms with Gasteiger partial charge in [-0.05, 0) is 62.8 Å². The zero-order valence-electron chi connectivity index (χ0n) is 29.4. The Labute approximate surface area is 280 Å². The van der Waals surface area contributed by atoms with E-state index in [9.17, 15) is 21.6 Å². The molecule has 4 rings (SSSR count). The van der Waals surface area contributed by atoms with Crippen LogP contribution >= 0.6 is 0 Å². The predicted octanol–water partition coefficient (Wildman–Crippen LogP) is 6.69. The fourth-order valence-electron chi connectivity index (χ4n) is 4.81. The number of nitrogens with one attached hydrogen (secondary N) is 1. The van der Waals surface area contributed by atoms with Gasteiger partial charge in [-0.1, -0.05) is 89.8 Å². The Kier molecular flexibility index (Phi) is 19.5. The number of methoxy groups -OCH3 is 1. The average molecular weight is 682 g/mol. The molecule has 1 N–H and O–H groups in total. The van der Waals surface area contributed by atoms with E-state index < -0.39 is 20.0 Å². The molecule has 1 amide bonds. The summed E-state index contributed by atoms with van der Waals surface area (Å²) >= 11 is 0. The van der Waals surface area contributed by atoms with Crippen LogP contribution in [0.4, 0.5) is 0 Å². The second-order valence-electron chi connectivity index (χ2n) is 11.8. The largest absolute Gasteiger partial charge is 0.380 e. The van der Waals surface area contributed by atoms with Crippen LogP contribution < -0.4 is 5.32 Å². The van der Waals surface area contributed by atoms with Gasteiger partial charge in [0.15, 0.2) is 0 Å². The first-order valence-corrected chi connectivity index (χ1v) is 19.6. The maximum Gasteiger partial charge on any atom is 0.243 e. The van der Waals surface area contributed by atoms with E-state index in [1.54, 1.807) is 44.4 Å². The van der Waals surface area contributed by atoms with E-state index >= 15 is 0 Å². The van der Waals surface area contributed by atoms with Crippen LogP contribution in [-0.2, 0) is 29.6 Å². The monoisotopic (exact) mass is 681 g/mol. The summed E-state index contributed by atoms with van der Waals surface area (Å²) < 4.78 is 58.5. The number of ether oxygens (including phenoxy) is 1. The maximum atomic E-state index is 12.6. The zero-order chi connectivity index (χ0) is 34.8. The number of piperidine rings is 2. The van der Waals surface area contributed by atoms with Crippen molar-refractivity contribution < 1.29 is 26.4 Å². The van der Waals surface area contributed by atoms with Gasteiger partial charge >= 0.3 is 0 Å². The normalized spacial score (nSPS) is 17.7. The molecule has 2 heterocycles. The standard InChI is InChI=1S/C14H20N2O3S.C13H19NO3S.2C4H10/c1-11-5-3-4-6-14(11)20(18,19)16-9-7-13(8-10-16)15-12(2)17;1-11-6-3-4-8-13(11)18(15,16)14-9-5-7-12(10-14)17-2;2*1-3-4-2/h3-6,13H,7-10H2,1-2H3,(H,15,17);3-4,6,8,12H,5,7,9-10H2,1-2H3;2*3-4H2,1-2H3. The Morgan fingerprint density at radius 1 is 0.739 bits per heavy atom. The molecule has 46 heavy (non-hydrogen) atoms. The third kappa shape index (κ3) is 13.4. The molecule has 0 aromatic heterocycles. The second kappa shape index (κ2) is 21.5. The van der Waals surface area contributed by atoms with Crippen LogP contribution in [0.25, 0.3) is 0 Å². The number of amides is 1. The number of hydrogen-bond acceptors (Lipinski definition) is 6. The fourth-order valence-corrected chi connectivity index (χ4v) is 8.24. The van der Waals surface area contributed by atoms with Gasteiger partial charge < -0.3 is 10.1 Å². The van der Waals surface area contributed by atoms with E-state index in [4.69, 9.17) is 4.74 Å². The molecular formula is C35H59N3O6S2. The van der Waals surface area contributed by atoms with Gasteiger partial charge in [-0.25, -0.2) is 16.8 Å². The zero-order valence-corrected chi connectivity index (χ0v) is 31.1. The van der Waals surface area contributed by atoms with Gasteiger partial charge in [0.25, 0.3) is 0 Å². The summed E-state index contributed by atoms with van der Waals surface area (Å²) in [6.07, 6.45) is 8.38. The molecule has 2 aromatic rings. The highest BCUT2D eigenvalue weighted by Crippen LogP contribution is 2.25. The highest BCUT2D eigenvalue weighted by atomic mass is 32.2. The Balaban J connectivity index is 0.000000375. The van der Waals surface area contributed by atoms with Gasteiger partial charge in [0.2, 0.25) is 26.0 Å². The van der Waals surface area contributed by atoms with Crippen molar-refractivity contribution in [2.24, 2.45) is 0 Å². The van der Waals surface area contributed by atoms with Crippen molar-refractivity contribution in [3.63, 3.8) is 0 Å². The quantitative estimate of drug-likeness (QED) is 0.332. The molecular weight excluding hydrogens is 623 g/mol. The van der Waals surface area contributed by atoms with Crippen LogP contribution in [-0.4, -0.2) is 76.8 Å². The van der Waals surface area contributed by atoms with Gasteiger partial charge in [-0.2, -0.15) is 8.61 Å². The van der Waals surface area contributed by atoms with Gasteiger partial charge in [0.05, 0.1) is 15.9 Å². The Morgan fingerprint density at radius 3 is 1.57 bits per heavy atom. The van der Waals surface area contributed by atoms with Crippen LogP contribution in [0.15, 0.2) is 58.3 Å². The first-order valence-electron chi connectivity index (χ1n) is 16.7. The summed E-state index contributed by atoms with van der Waals surface area (Å²) in [4.78, 5) is 11.8. The number of carbonyl (C=O) groups is 1. The van der Waals surface area contributed by atoms with Gasteiger partial charge in [0, 0.05) is 46.3 Å². The molecule has 2 fully saturated rings. The van der Waals surface area contributed by atoms with E-state index in [0.29, 0.717) is 48.8 Å². The Hall–Kier alpha value is -2.31. The lowest BCUT2D eigenvalue weighted by atomic mass is 10.1. The lowest BCUT2D eigenvalue weighted by Gasteiger charge is -2.31. The molecule has 2 saturated heterocycles. The van der Waals surface area contributed by atoms with E-state index in [-0.39, 0.29) is 18.1 Å². The minimum Gasteiger partial charge on any atom is -0.380 e. The molecule has 262 valence electrons. The fraction of sp³-hybridized carbons (Fsp3) is 0.629. The molecule has 1 unspecified atom stereocenters. The number of nitrogens with zero attached hydrogens (tertiary/aromatic N) is 2. The topological polar surface area (TPSA) is 113 Å². The highest BCUT2D eigenvalue weighted by Gasteiger charge is 2.31. The van der Waals surface area contributed by atoms with Crippen LogP contribution in [0.3, 0.4) is 0 Å². The number of hydrogen-bond donors (Lipinski definition) is 1. The van der Waals surface area contributed by atoms with Gasteiger partial charge in [0.1, 0.15) is 0 Å². The summed E-state index contributed by atoms with van der Waals surface area (Å²) in [5, 5.41) is 2.84. The molecule has 0 bridgehead atoms. The average Bonchev–Trinajstić information content (AvgIpc) is 3.05. The van der Waals surface area contributed by atoms with E-state index in [1.807, 2.05) is 25.1 Å². The van der Waals surface area contributed by atoms with Crippen molar-refractivity contribution in [1.82, 2.24) is 13.9 Å². The molecule has 9 nitrogen and oxygen atoms in total. The number of rotatable bonds is 8. The summed E-state index contributed by atoms with van der Waals surface area (Å²) in [6.45, 7) is 15.8. The minimum absolute atomic E-state index is 0.0116. The lowest BCUT2D eigenvalue weighted by molar-refractivity contribution is -0.119. The SMILES string of the molecule is CC(=O)NC1CCN(S(=O)(=O)c2ccccc2C)CC1.CCCC.CCCC.COC1CCCN(S(=O)(=O)c2ccccc2C)C1. The van der Waals surface area contributed by atoms with Gasteiger partial charge in [-0.15, -0.1) is 0 Å². The summed E-state index contributed by atoms with van der Waals surface area (Å²) in [5.74, 6) is -0.0646. The third-order valence-corrected chi connectivity index (χ3v) is 12.0. The summed E-state index contributed by atoms with van der Waals surface area (Å²) in [7, 11) is -5.17. The molecule has 2 aliphatic heterocycles. The number of sulfonamides is 2. The lowest BCUT2D eigenvalue weighted by Crippen LogP contribution is -2.46. The first-order chi connectivity index (χ1) is 21.8.